The molecule has 1 aromatic carbocycles. The van der Waals surface area contributed by atoms with Gasteiger partial charge in [-0.05, 0) is 23.6 Å². The predicted octanol–water partition coefficient (Wildman–Crippen LogP) is 2.67. The number of amides is 1. The lowest BCUT2D eigenvalue weighted by Gasteiger charge is -2.17. The quantitative estimate of drug-likeness (QED) is 0.354. The van der Waals surface area contributed by atoms with Gasteiger partial charge in [0.1, 0.15) is 11.8 Å². The van der Waals surface area contributed by atoms with E-state index in [1.807, 2.05) is 0 Å². The molecule has 0 bridgehead atoms. The van der Waals surface area contributed by atoms with Gasteiger partial charge in [-0.15, -0.1) is 0 Å². The van der Waals surface area contributed by atoms with Gasteiger partial charge < -0.3 is 20.6 Å². The van der Waals surface area contributed by atoms with Gasteiger partial charge >= 0.3 is 11.9 Å². The van der Waals surface area contributed by atoms with E-state index < -0.39 is 36.9 Å². The van der Waals surface area contributed by atoms with E-state index in [-0.39, 0.29) is 30.3 Å². The molecule has 0 aliphatic carbocycles. The van der Waals surface area contributed by atoms with Gasteiger partial charge in [0.2, 0.25) is 0 Å². The highest BCUT2D eigenvalue weighted by Gasteiger charge is 2.24. The summed E-state index contributed by atoms with van der Waals surface area (Å²) in [6.45, 7) is 2.57. The number of carbonyl (C=O) groups excluding carboxylic acids is 3. The number of hydrogen-bond donors (Lipinski definition) is 3. The molecule has 1 atom stereocenters. The Labute approximate surface area is 178 Å². The summed E-state index contributed by atoms with van der Waals surface area (Å²) in [6, 6.07) is 3.73. The van der Waals surface area contributed by atoms with Gasteiger partial charge in [0.05, 0.1) is 6.42 Å². The molecule has 0 aliphatic rings. The zero-order valence-corrected chi connectivity index (χ0v) is 17.5. The number of ether oxygens (including phenoxy) is 1. The molecule has 29 heavy (non-hydrogen) atoms. The number of nitrogens with one attached hydrogen (secondary N) is 2. The van der Waals surface area contributed by atoms with E-state index in [9.17, 15) is 19.2 Å². The van der Waals surface area contributed by atoms with Crippen molar-refractivity contribution < 1.29 is 29.0 Å². The Bertz CT molecular complexity index is 790. The Kier molecular flexibility index (Phi) is 9.77. The first-order chi connectivity index (χ1) is 13.5. The molecule has 0 fully saturated rings. The summed E-state index contributed by atoms with van der Waals surface area (Å²) in [5.41, 5.74) is 0.264. The first-order valence-electron chi connectivity index (χ1n) is 8.70. The summed E-state index contributed by atoms with van der Waals surface area (Å²) >= 11 is 12.0. The SMILES string of the molecule is CC(C)[C@H](NC(=O)COC(=O)CC(=N)CC(=O)Cc1c(Cl)cccc1Cl)C(=O)O. The predicted molar refractivity (Wildman–Crippen MR) is 107 cm³/mol. The van der Waals surface area contributed by atoms with Crippen molar-refractivity contribution in [1.29, 1.82) is 5.41 Å². The zero-order chi connectivity index (χ0) is 22.1. The van der Waals surface area contributed by atoms with Crippen LogP contribution in [-0.4, -0.2) is 47.1 Å². The molecule has 1 rings (SSSR count). The average Bonchev–Trinajstić information content (AvgIpc) is 2.60. The van der Waals surface area contributed by atoms with Crippen molar-refractivity contribution >= 4 is 52.5 Å². The highest BCUT2D eigenvalue weighted by Crippen LogP contribution is 2.25. The van der Waals surface area contributed by atoms with Crippen molar-refractivity contribution in [1.82, 2.24) is 5.32 Å². The number of hydrogen-bond acceptors (Lipinski definition) is 6. The molecule has 1 amide bonds. The van der Waals surface area contributed by atoms with Crippen LogP contribution in [-0.2, 0) is 30.3 Å². The molecule has 0 radical (unpaired) electrons. The van der Waals surface area contributed by atoms with E-state index in [0.717, 1.165) is 0 Å². The lowest BCUT2D eigenvalue weighted by Crippen LogP contribution is -2.45. The highest BCUT2D eigenvalue weighted by atomic mass is 35.5. The highest BCUT2D eigenvalue weighted by molar-refractivity contribution is 6.36. The Morgan fingerprint density at radius 3 is 2.24 bits per heavy atom. The smallest absolute Gasteiger partial charge is 0.326 e. The molecule has 3 N–H and O–H groups in total. The molecular formula is C19H22Cl2N2O6. The molecule has 0 unspecified atom stereocenters. The Morgan fingerprint density at radius 2 is 1.72 bits per heavy atom. The Morgan fingerprint density at radius 1 is 1.14 bits per heavy atom. The minimum atomic E-state index is -1.20. The van der Waals surface area contributed by atoms with Crippen LogP contribution in [0.3, 0.4) is 0 Å². The van der Waals surface area contributed by atoms with Gasteiger partial charge in [0, 0.05) is 28.6 Å². The van der Waals surface area contributed by atoms with Crippen molar-refractivity contribution in [2.75, 3.05) is 6.61 Å². The fourth-order valence-corrected chi connectivity index (χ4v) is 2.89. The van der Waals surface area contributed by atoms with Gasteiger partial charge in [-0.1, -0.05) is 43.1 Å². The van der Waals surface area contributed by atoms with Crippen LogP contribution in [0.4, 0.5) is 0 Å². The fraction of sp³-hybridized carbons (Fsp3) is 0.421. The van der Waals surface area contributed by atoms with Crippen LogP contribution < -0.4 is 5.32 Å². The lowest BCUT2D eigenvalue weighted by atomic mass is 10.0. The molecule has 0 heterocycles. The standard InChI is InChI=1S/C19H22Cl2N2O6/c1-10(2)18(19(27)28)23-16(25)9-29-17(26)7-11(22)6-12(24)8-13-14(20)4-3-5-15(13)21/h3-5,10,18,22H,6-9H2,1-2H3,(H,23,25)(H,27,28)/t18-/m0/s1. The number of Topliss-reactive ketones (excluding diaryl/α,β-unsaturated/α-hetero) is 1. The summed E-state index contributed by atoms with van der Waals surface area (Å²) in [5, 5.41) is 19.7. The number of carboxylic acid groups (broad SMARTS) is 1. The second-order valence-electron chi connectivity index (χ2n) is 6.66. The third kappa shape index (κ3) is 8.62. The number of halogens is 2. The van der Waals surface area contributed by atoms with Crippen molar-refractivity contribution in [3.63, 3.8) is 0 Å². The van der Waals surface area contributed by atoms with Crippen LogP contribution in [0.2, 0.25) is 10.0 Å². The summed E-state index contributed by atoms with van der Waals surface area (Å²) in [5.74, 6) is -3.53. The van der Waals surface area contributed by atoms with Crippen molar-refractivity contribution in [2.24, 2.45) is 5.92 Å². The van der Waals surface area contributed by atoms with E-state index in [2.05, 4.69) is 5.32 Å². The first kappa shape index (κ1) is 24.6. The number of rotatable bonds is 11. The molecular weight excluding hydrogens is 423 g/mol. The molecule has 10 heteroatoms. The van der Waals surface area contributed by atoms with Crippen LogP contribution >= 0.6 is 23.2 Å². The Balaban J connectivity index is 2.44. The number of aliphatic carboxylic acids is 1. The minimum absolute atomic E-state index is 0.0792. The van der Waals surface area contributed by atoms with Gasteiger partial charge in [-0.25, -0.2) is 4.79 Å². The number of carbonyl (C=O) groups is 4. The van der Waals surface area contributed by atoms with E-state index >= 15 is 0 Å². The lowest BCUT2D eigenvalue weighted by molar-refractivity contribution is -0.149. The van der Waals surface area contributed by atoms with Crippen LogP contribution in [0.1, 0.15) is 32.3 Å². The van der Waals surface area contributed by atoms with Crippen molar-refractivity contribution in [2.45, 2.75) is 39.2 Å². The number of ketones is 1. The maximum Gasteiger partial charge on any atom is 0.326 e. The minimum Gasteiger partial charge on any atom is -0.480 e. The maximum absolute atomic E-state index is 12.1. The van der Waals surface area contributed by atoms with Crippen LogP contribution in [0, 0.1) is 11.3 Å². The molecule has 0 saturated carbocycles. The molecule has 0 aromatic heterocycles. The molecule has 0 saturated heterocycles. The molecule has 0 aliphatic heterocycles. The fourth-order valence-electron chi connectivity index (χ4n) is 2.36. The zero-order valence-electron chi connectivity index (χ0n) is 16.0. The average molecular weight is 445 g/mol. The number of benzene rings is 1. The second-order valence-corrected chi connectivity index (χ2v) is 7.48. The van der Waals surface area contributed by atoms with Gasteiger partial charge in [0.25, 0.3) is 5.91 Å². The first-order valence-corrected chi connectivity index (χ1v) is 9.45. The van der Waals surface area contributed by atoms with E-state index in [0.29, 0.717) is 15.6 Å². The summed E-state index contributed by atoms with van der Waals surface area (Å²) < 4.78 is 4.73. The molecule has 158 valence electrons. The van der Waals surface area contributed by atoms with Crippen LogP contribution in [0.5, 0.6) is 0 Å². The van der Waals surface area contributed by atoms with Gasteiger partial charge in [-0.2, -0.15) is 0 Å². The topological polar surface area (TPSA) is 134 Å². The number of esters is 1. The van der Waals surface area contributed by atoms with Crippen molar-refractivity contribution in [3.05, 3.63) is 33.8 Å². The summed E-state index contributed by atoms with van der Waals surface area (Å²) in [6.07, 6.45) is -0.844. The van der Waals surface area contributed by atoms with E-state index in [1.165, 1.54) is 0 Å². The summed E-state index contributed by atoms with van der Waals surface area (Å²) in [4.78, 5) is 46.6. The third-order valence-electron chi connectivity index (χ3n) is 3.82. The monoisotopic (exact) mass is 444 g/mol. The van der Waals surface area contributed by atoms with Crippen molar-refractivity contribution in [3.8, 4) is 0 Å². The molecule has 0 spiro atoms. The summed E-state index contributed by atoms with van der Waals surface area (Å²) in [7, 11) is 0. The third-order valence-corrected chi connectivity index (χ3v) is 4.53. The number of carboxylic acids is 1. The van der Waals surface area contributed by atoms with Gasteiger partial charge in [-0.3, -0.25) is 14.4 Å². The Hall–Kier alpha value is -2.45. The second kappa shape index (κ2) is 11.5. The normalized spacial score (nSPS) is 11.6. The largest absolute Gasteiger partial charge is 0.480 e. The van der Waals surface area contributed by atoms with E-state index in [1.54, 1.807) is 32.0 Å². The van der Waals surface area contributed by atoms with Crippen LogP contribution in [0.15, 0.2) is 18.2 Å². The molecule has 8 nitrogen and oxygen atoms in total. The molecule has 1 aromatic rings. The van der Waals surface area contributed by atoms with Crippen LogP contribution in [0.25, 0.3) is 0 Å². The maximum atomic E-state index is 12.1. The van der Waals surface area contributed by atoms with Gasteiger partial charge in [0.15, 0.2) is 6.61 Å². The van der Waals surface area contributed by atoms with E-state index in [4.69, 9.17) is 38.5 Å².